The van der Waals surface area contributed by atoms with Gasteiger partial charge in [0, 0.05) is 24.8 Å². The molecule has 1 saturated heterocycles. The number of ether oxygens (including phenoxy) is 1. The Balaban J connectivity index is 2.34. The number of amides is 2. The summed E-state index contributed by atoms with van der Waals surface area (Å²) in [5, 5.41) is 14.2. The van der Waals surface area contributed by atoms with E-state index in [-0.39, 0.29) is 18.5 Å². The SMILES string of the molecule is CC(C)(CC(=O)O)NC(=O)NC1CCOCC1. The molecule has 0 aromatic carbocycles. The van der Waals surface area contributed by atoms with Crippen molar-refractivity contribution in [3.05, 3.63) is 0 Å². The molecule has 98 valence electrons. The van der Waals surface area contributed by atoms with Crippen LogP contribution in [0.4, 0.5) is 4.79 Å². The van der Waals surface area contributed by atoms with Crippen molar-refractivity contribution >= 4 is 12.0 Å². The first-order valence-electron chi connectivity index (χ1n) is 5.77. The van der Waals surface area contributed by atoms with Crippen molar-refractivity contribution in [1.82, 2.24) is 10.6 Å². The van der Waals surface area contributed by atoms with Gasteiger partial charge in [0.25, 0.3) is 0 Å². The van der Waals surface area contributed by atoms with Crippen LogP contribution in [0.3, 0.4) is 0 Å². The Morgan fingerprint density at radius 3 is 2.47 bits per heavy atom. The number of carbonyl (C=O) groups is 2. The molecular weight excluding hydrogens is 224 g/mol. The Hall–Kier alpha value is -1.30. The number of carbonyl (C=O) groups excluding carboxylic acids is 1. The third kappa shape index (κ3) is 5.53. The van der Waals surface area contributed by atoms with Crippen LogP contribution in [0.2, 0.25) is 0 Å². The lowest BCUT2D eigenvalue weighted by Gasteiger charge is -2.28. The zero-order chi connectivity index (χ0) is 12.9. The fraction of sp³-hybridized carbons (Fsp3) is 0.818. The topological polar surface area (TPSA) is 87.7 Å². The molecule has 17 heavy (non-hydrogen) atoms. The molecule has 1 rings (SSSR count). The highest BCUT2D eigenvalue weighted by atomic mass is 16.5. The summed E-state index contributed by atoms with van der Waals surface area (Å²) in [5.74, 6) is -0.929. The Morgan fingerprint density at radius 2 is 1.94 bits per heavy atom. The minimum atomic E-state index is -0.929. The van der Waals surface area contributed by atoms with E-state index in [0.717, 1.165) is 12.8 Å². The van der Waals surface area contributed by atoms with Crippen LogP contribution in [0.5, 0.6) is 0 Å². The third-order valence-electron chi connectivity index (χ3n) is 2.60. The van der Waals surface area contributed by atoms with Crippen molar-refractivity contribution in [2.75, 3.05) is 13.2 Å². The van der Waals surface area contributed by atoms with Gasteiger partial charge in [0.05, 0.1) is 6.42 Å². The van der Waals surface area contributed by atoms with Crippen molar-refractivity contribution in [1.29, 1.82) is 0 Å². The van der Waals surface area contributed by atoms with Crippen molar-refractivity contribution < 1.29 is 19.4 Å². The number of carboxylic acid groups (broad SMARTS) is 1. The lowest BCUT2D eigenvalue weighted by Crippen LogP contribution is -2.52. The van der Waals surface area contributed by atoms with Crippen LogP contribution in [-0.4, -0.2) is 41.9 Å². The van der Waals surface area contributed by atoms with Gasteiger partial charge >= 0.3 is 12.0 Å². The first kappa shape index (κ1) is 13.8. The van der Waals surface area contributed by atoms with Crippen LogP contribution >= 0.6 is 0 Å². The number of aliphatic carboxylic acids is 1. The average Bonchev–Trinajstić information content (AvgIpc) is 2.15. The molecule has 0 unspecified atom stereocenters. The highest BCUT2D eigenvalue weighted by Crippen LogP contribution is 2.09. The Kier molecular flexibility index (Phi) is 4.74. The molecule has 1 aliphatic heterocycles. The van der Waals surface area contributed by atoms with E-state index in [1.54, 1.807) is 13.8 Å². The molecule has 1 fully saturated rings. The minimum absolute atomic E-state index is 0.103. The lowest BCUT2D eigenvalue weighted by molar-refractivity contribution is -0.138. The number of carboxylic acids is 1. The molecule has 0 radical (unpaired) electrons. The molecule has 6 heteroatoms. The summed E-state index contributed by atoms with van der Waals surface area (Å²) in [5.41, 5.74) is -0.749. The fourth-order valence-electron chi connectivity index (χ4n) is 1.79. The van der Waals surface area contributed by atoms with E-state index >= 15 is 0 Å². The normalized spacial score (nSPS) is 17.5. The largest absolute Gasteiger partial charge is 0.481 e. The second kappa shape index (κ2) is 5.86. The zero-order valence-corrected chi connectivity index (χ0v) is 10.3. The molecule has 1 heterocycles. The van der Waals surface area contributed by atoms with Crippen molar-refractivity contribution in [2.45, 2.75) is 44.7 Å². The quantitative estimate of drug-likeness (QED) is 0.680. The number of hydrogen-bond donors (Lipinski definition) is 3. The highest BCUT2D eigenvalue weighted by molar-refractivity contribution is 5.76. The van der Waals surface area contributed by atoms with Crippen LogP contribution in [-0.2, 0) is 9.53 Å². The highest BCUT2D eigenvalue weighted by Gasteiger charge is 2.25. The van der Waals surface area contributed by atoms with Gasteiger partial charge in [-0.25, -0.2) is 4.79 Å². The molecule has 0 spiro atoms. The van der Waals surface area contributed by atoms with Crippen LogP contribution < -0.4 is 10.6 Å². The molecular formula is C11H20N2O4. The molecule has 0 atom stereocenters. The predicted molar refractivity (Wildman–Crippen MR) is 61.8 cm³/mol. The van der Waals surface area contributed by atoms with E-state index in [1.165, 1.54) is 0 Å². The van der Waals surface area contributed by atoms with Gasteiger partial charge in [0.2, 0.25) is 0 Å². The molecule has 0 aromatic heterocycles. The maximum absolute atomic E-state index is 11.7. The summed E-state index contributed by atoms with van der Waals surface area (Å²) in [4.78, 5) is 22.3. The molecule has 0 aliphatic carbocycles. The van der Waals surface area contributed by atoms with Gasteiger partial charge in [-0.15, -0.1) is 0 Å². The molecule has 0 saturated carbocycles. The summed E-state index contributed by atoms with van der Waals surface area (Å²) in [6, 6.07) is -0.201. The van der Waals surface area contributed by atoms with E-state index in [0.29, 0.717) is 13.2 Å². The third-order valence-corrected chi connectivity index (χ3v) is 2.60. The Morgan fingerprint density at radius 1 is 1.35 bits per heavy atom. The number of nitrogens with one attached hydrogen (secondary N) is 2. The number of hydrogen-bond acceptors (Lipinski definition) is 3. The van der Waals surface area contributed by atoms with Gasteiger partial charge in [0.15, 0.2) is 0 Å². The molecule has 0 aromatic rings. The predicted octanol–water partition coefficient (Wildman–Crippen LogP) is 0.718. The van der Waals surface area contributed by atoms with E-state index in [2.05, 4.69) is 10.6 Å². The van der Waals surface area contributed by atoms with Crippen molar-refractivity contribution in [3.63, 3.8) is 0 Å². The molecule has 1 aliphatic rings. The van der Waals surface area contributed by atoms with E-state index in [4.69, 9.17) is 9.84 Å². The summed E-state index contributed by atoms with van der Waals surface area (Å²) in [6.07, 6.45) is 1.49. The maximum Gasteiger partial charge on any atom is 0.315 e. The number of urea groups is 1. The molecule has 2 amide bonds. The van der Waals surface area contributed by atoms with Gasteiger partial charge in [-0.05, 0) is 26.7 Å². The molecule has 0 bridgehead atoms. The molecule has 3 N–H and O–H groups in total. The van der Waals surface area contributed by atoms with Crippen molar-refractivity contribution in [3.8, 4) is 0 Å². The van der Waals surface area contributed by atoms with Crippen LogP contribution in [0.25, 0.3) is 0 Å². The second-order valence-electron chi connectivity index (χ2n) is 4.94. The van der Waals surface area contributed by atoms with Gasteiger partial charge in [-0.3, -0.25) is 4.79 Å². The molecule has 6 nitrogen and oxygen atoms in total. The van der Waals surface area contributed by atoms with E-state index in [9.17, 15) is 9.59 Å². The summed E-state index contributed by atoms with van der Waals surface area (Å²) >= 11 is 0. The minimum Gasteiger partial charge on any atom is -0.481 e. The first-order valence-corrected chi connectivity index (χ1v) is 5.77. The Bertz CT molecular complexity index is 285. The van der Waals surface area contributed by atoms with Gasteiger partial charge < -0.3 is 20.5 Å². The van der Waals surface area contributed by atoms with Crippen LogP contribution in [0, 0.1) is 0 Å². The van der Waals surface area contributed by atoms with Gasteiger partial charge in [-0.2, -0.15) is 0 Å². The summed E-state index contributed by atoms with van der Waals surface area (Å²) < 4.78 is 5.19. The van der Waals surface area contributed by atoms with E-state index in [1.807, 2.05) is 0 Å². The first-order chi connectivity index (χ1) is 7.89. The summed E-state index contributed by atoms with van der Waals surface area (Å²) in [7, 11) is 0. The zero-order valence-electron chi connectivity index (χ0n) is 10.3. The monoisotopic (exact) mass is 244 g/mol. The second-order valence-corrected chi connectivity index (χ2v) is 4.94. The smallest absolute Gasteiger partial charge is 0.315 e. The maximum atomic E-state index is 11.7. The van der Waals surface area contributed by atoms with E-state index < -0.39 is 11.5 Å². The number of rotatable bonds is 4. The summed E-state index contributed by atoms with van der Waals surface area (Å²) in [6.45, 7) is 4.68. The standard InChI is InChI=1S/C11H20N2O4/c1-11(2,7-9(14)15)13-10(16)12-8-3-5-17-6-4-8/h8H,3-7H2,1-2H3,(H,14,15)(H2,12,13,16). The average molecular weight is 244 g/mol. The lowest BCUT2D eigenvalue weighted by atomic mass is 10.0. The van der Waals surface area contributed by atoms with Crippen LogP contribution in [0.1, 0.15) is 33.1 Å². The Labute approximate surface area is 101 Å². The van der Waals surface area contributed by atoms with Crippen LogP contribution in [0.15, 0.2) is 0 Å². The fourth-order valence-corrected chi connectivity index (χ4v) is 1.79. The van der Waals surface area contributed by atoms with Crippen molar-refractivity contribution in [2.24, 2.45) is 0 Å². The van der Waals surface area contributed by atoms with Gasteiger partial charge in [0.1, 0.15) is 0 Å². The van der Waals surface area contributed by atoms with Gasteiger partial charge in [-0.1, -0.05) is 0 Å².